The molecule has 0 heterocycles. The van der Waals surface area contributed by atoms with Gasteiger partial charge in [0, 0.05) is 0 Å². The van der Waals surface area contributed by atoms with Crippen LogP contribution in [-0.4, -0.2) is 5.78 Å². The Labute approximate surface area is 56.8 Å². The van der Waals surface area contributed by atoms with Crippen LogP contribution < -0.4 is 0 Å². The lowest BCUT2D eigenvalue weighted by Crippen LogP contribution is -1.87. The lowest BCUT2D eigenvalue weighted by atomic mass is 10.1. The summed E-state index contributed by atoms with van der Waals surface area (Å²) in [7, 11) is 0. The SMILES string of the molecule is CC[C@H](C)/C=C/C(C)=O. The Morgan fingerprint density at radius 2 is 2.22 bits per heavy atom. The number of carbonyl (C=O) groups is 1. The average Bonchev–Trinajstić information content (AvgIpc) is 1.83. The van der Waals surface area contributed by atoms with Crippen LogP contribution in [-0.2, 0) is 4.79 Å². The fourth-order valence-electron chi connectivity index (χ4n) is 0.436. The van der Waals surface area contributed by atoms with Crippen LogP contribution in [0.15, 0.2) is 12.2 Å². The van der Waals surface area contributed by atoms with Gasteiger partial charge in [0.25, 0.3) is 0 Å². The minimum absolute atomic E-state index is 0.135. The Kier molecular flexibility index (Phi) is 4.02. The van der Waals surface area contributed by atoms with Crippen molar-refractivity contribution >= 4 is 5.78 Å². The highest BCUT2D eigenvalue weighted by Gasteiger charge is 1.90. The zero-order valence-corrected chi connectivity index (χ0v) is 6.35. The van der Waals surface area contributed by atoms with Crippen LogP contribution in [0.4, 0.5) is 0 Å². The first-order chi connectivity index (χ1) is 4.16. The molecule has 0 aliphatic rings. The van der Waals surface area contributed by atoms with Crippen molar-refractivity contribution in [2.45, 2.75) is 27.2 Å². The van der Waals surface area contributed by atoms with Crippen LogP contribution in [0.1, 0.15) is 27.2 Å². The van der Waals surface area contributed by atoms with Gasteiger partial charge in [0.05, 0.1) is 0 Å². The summed E-state index contributed by atoms with van der Waals surface area (Å²) >= 11 is 0. The molecular weight excluding hydrogens is 112 g/mol. The first-order valence-corrected chi connectivity index (χ1v) is 3.35. The van der Waals surface area contributed by atoms with E-state index in [9.17, 15) is 4.79 Å². The minimum atomic E-state index is 0.135. The Hall–Kier alpha value is -0.590. The summed E-state index contributed by atoms with van der Waals surface area (Å²) in [5.41, 5.74) is 0. The number of ketones is 1. The molecule has 1 atom stereocenters. The third-order valence-corrected chi connectivity index (χ3v) is 1.30. The van der Waals surface area contributed by atoms with E-state index in [4.69, 9.17) is 0 Å². The highest BCUT2D eigenvalue weighted by molar-refractivity contribution is 5.87. The van der Waals surface area contributed by atoms with E-state index in [2.05, 4.69) is 13.8 Å². The summed E-state index contributed by atoms with van der Waals surface area (Å²) in [6, 6.07) is 0. The molecule has 0 aromatic heterocycles. The second kappa shape index (κ2) is 4.30. The van der Waals surface area contributed by atoms with Crippen LogP contribution in [0, 0.1) is 5.92 Å². The molecule has 0 amide bonds. The van der Waals surface area contributed by atoms with Crippen molar-refractivity contribution in [3.05, 3.63) is 12.2 Å². The maximum absolute atomic E-state index is 10.4. The van der Waals surface area contributed by atoms with Crippen molar-refractivity contribution in [2.75, 3.05) is 0 Å². The van der Waals surface area contributed by atoms with Crippen LogP contribution >= 0.6 is 0 Å². The zero-order valence-electron chi connectivity index (χ0n) is 6.35. The maximum Gasteiger partial charge on any atom is 0.152 e. The van der Waals surface area contributed by atoms with E-state index < -0.39 is 0 Å². The second-order valence-electron chi connectivity index (χ2n) is 2.36. The van der Waals surface area contributed by atoms with Crippen molar-refractivity contribution in [3.8, 4) is 0 Å². The van der Waals surface area contributed by atoms with E-state index in [1.807, 2.05) is 6.08 Å². The standard InChI is InChI=1S/C8H14O/c1-4-7(2)5-6-8(3)9/h5-7H,4H2,1-3H3/b6-5+/t7-/m0/s1. The van der Waals surface area contributed by atoms with Gasteiger partial charge in [-0.3, -0.25) is 4.79 Å². The van der Waals surface area contributed by atoms with Crippen molar-refractivity contribution in [1.82, 2.24) is 0 Å². The first-order valence-electron chi connectivity index (χ1n) is 3.35. The number of hydrogen-bond donors (Lipinski definition) is 0. The molecule has 1 nitrogen and oxygen atoms in total. The van der Waals surface area contributed by atoms with Gasteiger partial charge in [0.1, 0.15) is 0 Å². The van der Waals surface area contributed by atoms with Crippen LogP contribution in [0.3, 0.4) is 0 Å². The van der Waals surface area contributed by atoms with Gasteiger partial charge in [-0.1, -0.05) is 26.3 Å². The summed E-state index contributed by atoms with van der Waals surface area (Å²) in [6.07, 6.45) is 4.68. The van der Waals surface area contributed by atoms with E-state index in [0.717, 1.165) is 6.42 Å². The number of carbonyl (C=O) groups excluding carboxylic acids is 1. The summed E-state index contributed by atoms with van der Waals surface area (Å²) in [5.74, 6) is 0.671. The monoisotopic (exact) mass is 126 g/mol. The molecular formula is C8H14O. The van der Waals surface area contributed by atoms with E-state index >= 15 is 0 Å². The smallest absolute Gasteiger partial charge is 0.152 e. The molecule has 0 rings (SSSR count). The molecule has 52 valence electrons. The van der Waals surface area contributed by atoms with Gasteiger partial charge < -0.3 is 0 Å². The number of rotatable bonds is 3. The van der Waals surface area contributed by atoms with Crippen molar-refractivity contribution < 1.29 is 4.79 Å². The second-order valence-corrected chi connectivity index (χ2v) is 2.36. The summed E-state index contributed by atoms with van der Waals surface area (Å²) < 4.78 is 0. The molecule has 0 saturated carbocycles. The molecule has 0 aliphatic carbocycles. The van der Waals surface area contributed by atoms with Crippen LogP contribution in [0.25, 0.3) is 0 Å². The molecule has 0 unspecified atom stereocenters. The fourth-order valence-corrected chi connectivity index (χ4v) is 0.436. The molecule has 9 heavy (non-hydrogen) atoms. The quantitative estimate of drug-likeness (QED) is 0.530. The highest BCUT2D eigenvalue weighted by Crippen LogP contribution is 2.00. The van der Waals surface area contributed by atoms with Gasteiger partial charge in [0.2, 0.25) is 0 Å². The van der Waals surface area contributed by atoms with Gasteiger partial charge in [-0.05, 0) is 18.9 Å². The topological polar surface area (TPSA) is 17.1 Å². The maximum atomic E-state index is 10.4. The molecule has 0 aromatic carbocycles. The largest absolute Gasteiger partial charge is 0.295 e. The minimum Gasteiger partial charge on any atom is -0.295 e. The van der Waals surface area contributed by atoms with E-state index in [-0.39, 0.29) is 5.78 Å². The molecule has 1 heteroatoms. The lowest BCUT2D eigenvalue weighted by molar-refractivity contribution is -0.112. The molecule has 0 radical (unpaired) electrons. The Balaban J connectivity index is 3.56. The molecule has 0 N–H and O–H groups in total. The fraction of sp³-hybridized carbons (Fsp3) is 0.625. The predicted octanol–water partition coefficient (Wildman–Crippen LogP) is 2.18. The number of allylic oxidation sites excluding steroid dienone is 2. The van der Waals surface area contributed by atoms with Gasteiger partial charge in [-0.2, -0.15) is 0 Å². The summed E-state index contributed by atoms with van der Waals surface area (Å²) in [6.45, 7) is 5.77. The van der Waals surface area contributed by atoms with Crippen molar-refractivity contribution in [1.29, 1.82) is 0 Å². The summed E-state index contributed by atoms with van der Waals surface area (Å²) in [4.78, 5) is 10.4. The average molecular weight is 126 g/mol. The van der Waals surface area contributed by atoms with E-state index in [1.54, 1.807) is 13.0 Å². The summed E-state index contributed by atoms with van der Waals surface area (Å²) in [5, 5.41) is 0. The molecule has 0 spiro atoms. The third-order valence-electron chi connectivity index (χ3n) is 1.30. The zero-order chi connectivity index (χ0) is 7.28. The number of hydrogen-bond acceptors (Lipinski definition) is 1. The molecule has 0 bridgehead atoms. The predicted molar refractivity (Wildman–Crippen MR) is 39.3 cm³/mol. The third kappa shape index (κ3) is 5.28. The lowest BCUT2D eigenvalue weighted by Gasteiger charge is -1.96. The Morgan fingerprint density at radius 1 is 1.67 bits per heavy atom. The molecule has 0 saturated heterocycles. The molecule has 0 aliphatic heterocycles. The van der Waals surface area contributed by atoms with Gasteiger partial charge >= 0.3 is 0 Å². The first kappa shape index (κ1) is 8.41. The van der Waals surface area contributed by atoms with Gasteiger partial charge in [-0.25, -0.2) is 0 Å². The Morgan fingerprint density at radius 3 is 2.56 bits per heavy atom. The van der Waals surface area contributed by atoms with Gasteiger partial charge in [0.15, 0.2) is 5.78 Å². The van der Waals surface area contributed by atoms with E-state index in [0.29, 0.717) is 5.92 Å². The molecule has 0 aromatic rings. The van der Waals surface area contributed by atoms with Crippen LogP contribution in [0.5, 0.6) is 0 Å². The van der Waals surface area contributed by atoms with Crippen molar-refractivity contribution in [2.24, 2.45) is 5.92 Å². The van der Waals surface area contributed by atoms with Gasteiger partial charge in [-0.15, -0.1) is 0 Å². The Bertz CT molecular complexity index is 114. The highest BCUT2D eigenvalue weighted by atomic mass is 16.1. The molecule has 0 fully saturated rings. The van der Waals surface area contributed by atoms with E-state index in [1.165, 1.54) is 0 Å². The van der Waals surface area contributed by atoms with Crippen LogP contribution in [0.2, 0.25) is 0 Å². The normalized spacial score (nSPS) is 14.1. The van der Waals surface area contributed by atoms with Crippen molar-refractivity contribution in [3.63, 3.8) is 0 Å².